The Morgan fingerprint density at radius 1 is 0.933 bits per heavy atom. The summed E-state index contributed by atoms with van der Waals surface area (Å²) in [6.45, 7) is 5.93. The summed E-state index contributed by atoms with van der Waals surface area (Å²) in [7, 11) is -3.44. The van der Waals surface area contributed by atoms with E-state index < -0.39 is 9.84 Å². The molecule has 6 heteroatoms. The first-order valence-corrected chi connectivity index (χ1v) is 12.5. The van der Waals surface area contributed by atoms with E-state index in [2.05, 4.69) is 29.2 Å². The minimum Gasteiger partial charge on any atom is -0.337 e. The summed E-state index contributed by atoms with van der Waals surface area (Å²) in [6.07, 6.45) is 3.59. The van der Waals surface area contributed by atoms with E-state index in [0.29, 0.717) is 25.1 Å². The SMILES string of the molecule is CCCS(=O)(=O)c1ccccc1C(=O)N1CCCN(CCCc2ccccc2)CC1. The predicted octanol–water partition coefficient (Wildman–Crippen LogP) is 3.65. The van der Waals surface area contributed by atoms with Crippen LogP contribution in [0.1, 0.15) is 42.1 Å². The Morgan fingerprint density at radius 2 is 1.67 bits per heavy atom. The predicted molar refractivity (Wildman–Crippen MR) is 121 cm³/mol. The van der Waals surface area contributed by atoms with Crippen molar-refractivity contribution in [3.8, 4) is 0 Å². The van der Waals surface area contributed by atoms with Gasteiger partial charge < -0.3 is 9.80 Å². The topological polar surface area (TPSA) is 57.7 Å². The lowest BCUT2D eigenvalue weighted by molar-refractivity contribution is 0.0757. The monoisotopic (exact) mass is 428 g/mol. The summed E-state index contributed by atoms with van der Waals surface area (Å²) in [5.74, 6) is -0.108. The number of amides is 1. The van der Waals surface area contributed by atoms with Crippen LogP contribution in [0.25, 0.3) is 0 Å². The van der Waals surface area contributed by atoms with Gasteiger partial charge in [0.2, 0.25) is 0 Å². The molecule has 1 heterocycles. The minimum atomic E-state index is -3.44. The normalized spacial score (nSPS) is 15.7. The second-order valence-electron chi connectivity index (χ2n) is 7.89. The summed E-state index contributed by atoms with van der Waals surface area (Å²) in [5.41, 5.74) is 1.66. The highest BCUT2D eigenvalue weighted by atomic mass is 32.2. The molecule has 1 saturated heterocycles. The standard InChI is InChI=1S/C24H32N2O3S/c1-2-20-30(28,29)23-14-7-6-13-22(23)24(27)26-17-9-16-25(18-19-26)15-8-12-21-10-4-3-5-11-21/h3-7,10-11,13-14H,2,8-9,12,15-20H2,1H3. The molecule has 162 valence electrons. The molecule has 5 nitrogen and oxygen atoms in total. The van der Waals surface area contributed by atoms with Crippen LogP contribution in [0.15, 0.2) is 59.5 Å². The first kappa shape index (κ1) is 22.5. The highest BCUT2D eigenvalue weighted by Crippen LogP contribution is 2.20. The van der Waals surface area contributed by atoms with Gasteiger partial charge in [-0.1, -0.05) is 49.4 Å². The lowest BCUT2D eigenvalue weighted by Crippen LogP contribution is -2.36. The van der Waals surface area contributed by atoms with E-state index in [-0.39, 0.29) is 16.6 Å². The van der Waals surface area contributed by atoms with Gasteiger partial charge in [-0.25, -0.2) is 8.42 Å². The van der Waals surface area contributed by atoms with Crippen LogP contribution in [-0.2, 0) is 16.3 Å². The van der Waals surface area contributed by atoms with E-state index in [0.717, 1.165) is 38.9 Å². The fraction of sp³-hybridized carbons (Fsp3) is 0.458. The highest BCUT2D eigenvalue weighted by molar-refractivity contribution is 7.91. The fourth-order valence-electron chi connectivity index (χ4n) is 4.01. The molecule has 0 saturated carbocycles. The number of sulfone groups is 1. The molecule has 0 spiro atoms. The van der Waals surface area contributed by atoms with Gasteiger partial charge in [0.25, 0.3) is 5.91 Å². The molecule has 3 rings (SSSR count). The van der Waals surface area contributed by atoms with Crippen LogP contribution in [0.2, 0.25) is 0 Å². The Kier molecular flexibility index (Phi) is 8.05. The third-order valence-electron chi connectivity index (χ3n) is 5.58. The number of benzene rings is 2. The van der Waals surface area contributed by atoms with Gasteiger partial charge in [0.15, 0.2) is 9.84 Å². The molecule has 0 aromatic heterocycles. The maximum absolute atomic E-state index is 13.2. The molecule has 0 unspecified atom stereocenters. The van der Waals surface area contributed by atoms with Gasteiger partial charge >= 0.3 is 0 Å². The Labute approximate surface area is 180 Å². The minimum absolute atomic E-state index is 0.0620. The van der Waals surface area contributed by atoms with Crippen LogP contribution < -0.4 is 0 Å². The molecule has 1 aliphatic rings. The molecular weight excluding hydrogens is 396 g/mol. The number of nitrogens with zero attached hydrogens (tertiary/aromatic N) is 2. The van der Waals surface area contributed by atoms with Gasteiger partial charge in [-0.3, -0.25) is 4.79 Å². The summed E-state index contributed by atoms with van der Waals surface area (Å²) in [5, 5.41) is 0. The number of carbonyl (C=O) groups excluding carboxylic acids is 1. The van der Waals surface area contributed by atoms with Crippen LogP contribution >= 0.6 is 0 Å². The Hall–Kier alpha value is -2.18. The molecule has 0 atom stereocenters. The number of carbonyl (C=O) groups is 1. The van der Waals surface area contributed by atoms with Gasteiger partial charge in [0, 0.05) is 19.6 Å². The zero-order valence-corrected chi connectivity index (χ0v) is 18.6. The number of hydrogen-bond acceptors (Lipinski definition) is 4. The smallest absolute Gasteiger partial charge is 0.255 e. The number of rotatable bonds is 8. The lowest BCUT2D eigenvalue weighted by atomic mass is 10.1. The molecule has 1 amide bonds. The Morgan fingerprint density at radius 3 is 2.43 bits per heavy atom. The largest absolute Gasteiger partial charge is 0.337 e. The lowest BCUT2D eigenvalue weighted by Gasteiger charge is -2.23. The van der Waals surface area contributed by atoms with E-state index >= 15 is 0 Å². The van der Waals surface area contributed by atoms with Crippen molar-refractivity contribution in [2.75, 3.05) is 38.5 Å². The number of aryl methyl sites for hydroxylation is 1. The molecule has 2 aromatic carbocycles. The molecule has 30 heavy (non-hydrogen) atoms. The van der Waals surface area contributed by atoms with Crippen LogP contribution in [-0.4, -0.2) is 62.6 Å². The fourth-order valence-corrected chi connectivity index (χ4v) is 5.55. The van der Waals surface area contributed by atoms with Crippen molar-refractivity contribution < 1.29 is 13.2 Å². The van der Waals surface area contributed by atoms with Crippen molar-refractivity contribution >= 4 is 15.7 Å². The van der Waals surface area contributed by atoms with Crippen molar-refractivity contribution in [3.05, 3.63) is 65.7 Å². The summed E-state index contributed by atoms with van der Waals surface area (Å²) >= 11 is 0. The average Bonchev–Trinajstić information content (AvgIpc) is 3.00. The Balaban J connectivity index is 1.60. The molecule has 1 aliphatic heterocycles. The molecule has 0 radical (unpaired) electrons. The van der Waals surface area contributed by atoms with E-state index in [1.807, 2.05) is 17.9 Å². The van der Waals surface area contributed by atoms with E-state index in [1.54, 1.807) is 24.3 Å². The van der Waals surface area contributed by atoms with E-state index in [9.17, 15) is 13.2 Å². The molecular formula is C24H32N2O3S. The van der Waals surface area contributed by atoms with Crippen molar-refractivity contribution in [1.82, 2.24) is 9.80 Å². The first-order chi connectivity index (χ1) is 14.5. The first-order valence-electron chi connectivity index (χ1n) is 10.9. The van der Waals surface area contributed by atoms with Crippen molar-refractivity contribution in [1.29, 1.82) is 0 Å². The van der Waals surface area contributed by atoms with Crippen molar-refractivity contribution in [2.24, 2.45) is 0 Å². The second kappa shape index (κ2) is 10.7. The van der Waals surface area contributed by atoms with E-state index in [1.165, 1.54) is 5.56 Å². The molecule has 2 aromatic rings. The Bertz CT molecular complexity index is 928. The van der Waals surface area contributed by atoms with Crippen LogP contribution in [0.4, 0.5) is 0 Å². The van der Waals surface area contributed by atoms with Gasteiger partial charge in [-0.15, -0.1) is 0 Å². The van der Waals surface area contributed by atoms with Gasteiger partial charge in [-0.2, -0.15) is 0 Å². The van der Waals surface area contributed by atoms with Gasteiger partial charge in [0.1, 0.15) is 0 Å². The molecule has 0 N–H and O–H groups in total. The van der Waals surface area contributed by atoms with E-state index in [4.69, 9.17) is 0 Å². The summed E-state index contributed by atoms with van der Waals surface area (Å²) in [4.78, 5) is 17.6. The quantitative estimate of drug-likeness (QED) is 0.644. The highest BCUT2D eigenvalue weighted by Gasteiger charge is 2.26. The third kappa shape index (κ3) is 5.92. The second-order valence-corrected chi connectivity index (χ2v) is 9.97. The van der Waals surface area contributed by atoms with Crippen LogP contribution in [0.3, 0.4) is 0 Å². The van der Waals surface area contributed by atoms with Crippen LogP contribution in [0, 0.1) is 0 Å². The molecule has 1 fully saturated rings. The average molecular weight is 429 g/mol. The van der Waals surface area contributed by atoms with Gasteiger partial charge in [0.05, 0.1) is 16.2 Å². The summed E-state index contributed by atoms with van der Waals surface area (Å²) in [6, 6.07) is 17.1. The maximum Gasteiger partial charge on any atom is 0.255 e. The van der Waals surface area contributed by atoms with Crippen molar-refractivity contribution in [3.63, 3.8) is 0 Å². The van der Waals surface area contributed by atoms with Crippen molar-refractivity contribution in [2.45, 2.75) is 37.5 Å². The summed E-state index contributed by atoms with van der Waals surface area (Å²) < 4.78 is 25.2. The number of hydrogen-bond donors (Lipinski definition) is 0. The third-order valence-corrected chi connectivity index (χ3v) is 7.56. The van der Waals surface area contributed by atoms with Crippen LogP contribution in [0.5, 0.6) is 0 Å². The molecule has 0 bridgehead atoms. The maximum atomic E-state index is 13.2. The van der Waals surface area contributed by atoms with Gasteiger partial charge in [-0.05, 0) is 56.5 Å². The zero-order valence-electron chi connectivity index (χ0n) is 17.8. The molecule has 0 aliphatic carbocycles. The zero-order chi connectivity index (χ0) is 21.4.